The van der Waals surface area contributed by atoms with Crippen LogP contribution in [-0.2, 0) is 7.05 Å². The lowest BCUT2D eigenvalue weighted by atomic mass is 10.0. The van der Waals surface area contributed by atoms with Crippen LogP contribution >= 0.6 is 0 Å². The average Bonchev–Trinajstić information content (AvgIpc) is 2.79. The number of aryl methyl sites for hydroxylation is 1. The van der Waals surface area contributed by atoms with Crippen molar-refractivity contribution >= 4 is 5.91 Å². The van der Waals surface area contributed by atoms with Crippen LogP contribution in [-0.4, -0.2) is 41.1 Å². The number of aromatic nitrogens is 1. The molecule has 4 nitrogen and oxygen atoms in total. The minimum Gasteiger partial charge on any atom is -0.344 e. The van der Waals surface area contributed by atoms with Crippen molar-refractivity contribution < 1.29 is 4.79 Å². The van der Waals surface area contributed by atoms with E-state index >= 15 is 0 Å². The molecule has 1 aliphatic heterocycles. The number of amides is 1. The van der Waals surface area contributed by atoms with E-state index in [0.717, 1.165) is 37.4 Å². The fourth-order valence-corrected chi connectivity index (χ4v) is 2.88. The standard InChI is InChI=1S/C16H27N3O/c1-4-11-19(12-14-7-5-6-10-17-14)16(20)15-9-8-13(2)18(15)3/h8-9,14,17H,4-7,10-12H2,1-3H3. The smallest absolute Gasteiger partial charge is 0.270 e. The molecule has 1 saturated heterocycles. The van der Waals surface area contributed by atoms with Crippen LogP contribution < -0.4 is 5.32 Å². The second-order valence-corrected chi connectivity index (χ2v) is 5.82. The summed E-state index contributed by atoms with van der Waals surface area (Å²) in [4.78, 5) is 14.7. The first kappa shape index (κ1) is 15.1. The van der Waals surface area contributed by atoms with Crippen LogP contribution in [0.2, 0.25) is 0 Å². The fourth-order valence-electron chi connectivity index (χ4n) is 2.88. The SMILES string of the molecule is CCCN(CC1CCCCN1)C(=O)c1ccc(C)n1C. The first-order chi connectivity index (χ1) is 9.63. The van der Waals surface area contributed by atoms with Gasteiger partial charge in [-0.05, 0) is 44.9 Å². The lowest BCUT2D eigenvalue weighted by Gasteiger charge is -2.30. The summed E-state index contributed by atoms with van der Waals surface area (Å²) in [5.41, 5.74) is 1.92. The van der Waals surface area contributed by atoms with Crippen LogP contribution in [0.3, 0.4) is 0 Å². The molecule has 1 aliphatic rings. The molecular formula is C16H27N3O. The number of hydrogen-bond acceptors (Lipinski definition) is 2. The quantitative estimate of drug-likeness (QED) is 0.897. The molecule has 1 aromatic heterocycles. The average molecular weight is 277 g/mol. The Balaban J connectivity index is 2.06. The highest BCUT2D eigenvalue weighted by Crippen LogP contribution is 2.13. The molecule has 0 saturated carbocycles. The lowest BCUT2D eigenvalue weighted by Crippen LogP contribution is -2.46. The summed E-state index contributed by atoms with van der Waals surface area (Å²) in [6.07, 6.45) is 4.71. The van der Waals surface area contributed by atoms with Crippen molar-refractivity contribution in [1.29, 1.82) is 0 Å². The largest absolute Gasteiger partial charge is 0.344 e. The van der Waals surface area contributed by atoms with Crippen LogP contribution in [0.25, 0.3) is 0 Å². The molecule has 112 valence electrons. The number of nitrogens with zero attached hydrogens (tertiary/aromatic N) is 2. The van der Waals surface area contributed by atoms with E-state index in [-0.39, 0.29) is 5.91 Å². The maximum atomic E-state index is 12.7. The van der Waals surface area contributed by atoms with Gasteiger partial charge in [-0.25, -0.2) is 0 Å². The van der Waals surface area contributed by atoms with E-state index in [1.54, 1.807) is 0 Å². The van der Waals surface area contributed by atoms with Crippen LogP contribution in [0.5, 0.6) is 0 Å². The van der Waals surface area contributed by atoms with Gasteiger partial charge in [-0.15, -0.1) is 0 Å². The zero-order valence-electron chi connectivity index (χ0n) is 13.0. The van der Waals surface area contributed by atoms with Gasteiger partial charge < -0.3 is 14.8 Å². The van der Waals surface area contributed by atoms with Gasteiger partial charge in [0.2, 0.25) is 0 Å². The number of piperidine rings is 1. The second-order valence-electron chi connectivity index (χ2n) is 5.82. The monoisotopic (exact) mass is 277 g/mol. The van der Waals surface area contributed by atoms with Gasteiger partial charge in [0.05, 0.1) is 0 Å². The first-order valence-corrected chi connectivity index (χ1v) is 7.78. The van der Waals surface area contributed by atoms with Gasteiger partial charge in [-0.3, -0.25) is 4.79 Å². The van der Waals surface area contributed by atoms with Gasteiger partial charge in [0.15, 0.2) is 0 Å². The molecule has 4 heteroatoms. The Bertz CT molecular complexity index is 447. The molecule has 1 unspecified atom stereocenters. The molecule has 1 N–H and O–H groups in total. The van der Waals surface area contributed by atoms with Crippen molar-refractivity contribution in [2.24, 2.45) is 7.05 Å². The van der Waals surface area contributed by atoms with Gasteiger partial charge in [-0.1, -0.05) is 13.3 Å². The summed E-state index contributed by atoms with van der Waals surface area (Å²) in [5, 5.41) is 3.53. The predicted octanol–water partition coefficient (Wildman–Crippen LogP) is 2.33. The van der Waals surface area contributed by atoms with Crippen molar-refractivity contribution in [2.75, 3.05) is 19.6 Å². The van der Waals surface area contributed by atoms with Crippen LogP contribution in [0.1, 0.15) is 48.8 Å². The third kappa shape index (κ3) is 3.42. The molecule has 0 bridgehead atoms. The third-order valence-corrected chi connectivity index (χ3v) is 4.23. The number of nitrogens with one attached hydrogen (secondary N) is 1. The van der Waals surface area contributed by atoms with Crippen LogP contribution in [0, 0.1) is 6.92 Å². The summed E-state index contributed by atoms with van der Waals surface area (Å²) in [7, 11) is 1.96. The Morgan fingerprint density at radius 1 is 1.45 bits per heavy atom. The zero-order chi connectivity index (χ0) is 14.5. The zero-order valence-corrected chi connectivity index (χ0v) is 13.0. The highest BCUT2D eigenvalue weighted by Gasteiger charge is 2.22. The van der Waals surface area contributed by atoms with Crippen molar-refractivity contribution in [3.63, 3.8) is 0 Å². The van der Waals surface area contributed by atoms with Crippen molar-refractivity contribution in [1.82, 2.24) is 14.8 Å². The highest BCUT2D eigenvalue weighted by molar-refractivity contribution is 5.93. The van der Waals surface area contributed by atoms with Crippen molar-refractivity contribution in [3.8, 4) is 0 Å². The molecule has 1 amide bonds. The van der Waals surface area contributed by atoms with Crippen LogP contribution in [0.4, 0.5) is 0 Å². The lowest BCUT2D eigenvalue weighted by molar-refractivity contribution is 0.0722. The molecule has 1 fully saturated rings. The normalized spacial score (nSPS) is 19.1. The Hall–Kier alpha value is -1.29. The Kier molecular flexibility index (Phi) is 5.24. The molecule has 1 atom stereocenters. The van der Waals surface area contributed by atoms with E-state index in [0.29, 0.717) is 6.04 Å². The number of hydrogen-bond donors (Lipinski definition) is 1. The van der Waals surface area contributed by atoms with Gasteiger partial charge in [0.1, 0.15) is 5.69 Å². The summed E-state index contributed by atoms with van der Waals surface area (Å²) < 4.78 is 1.99. The highest BCUT2D eigenvalue weighted by atomic mass is 16.2. The molecule has 1 aromatic rings. The number of carbonyl (C=O) groups excluding carboxylic acids is 1. The molecule has 0 aliphatic carbocycles. The summed E-state index contributed by atoms with van der Waals surface area (Å²) in [6.45, 7) is 6.91. The van der Waals surface area contributed by atoms with E-state index < -0.39 is 0 Å². The molecule has 2 heterocycles. The Labute approximate surface area is 122 Å². The Morgan fingerprint density at radius 3 is 2.80 bits per heavy atom. The predicted molar refractivity (Wildman–Crippen MR) is 82.0 cm³/mol. The van der Waals surface area contributed by atoms with E-state index in [4.69, 9.17) is 0 Å². The van der Waals surface area contributed by atoms with E-state index in [9.17, 15) is 4.79 Å². The van der Waals surface area contributed by atoms with Gasteiger partial charge in [0.25, 0.3) is 5.91 Å². The van der Waals surface area contributed by atoms with E-state index in [2.05, 4.69) is 12.2 Å². The number of rotatable bonds is 5. The molecule has 0 spiro atoms. The molecule has 0 aromatic carbocycles. The maximum Gasteiger partial charge on any atom is 0.270 e. The van der Waals surface area contributed by atoms with E-state index in [1.165, 1.54) is 19.3 Å². The third-order valence-electron chi connectivity index (χ3n) is 4.23. The van der Waals surface area contributed by atoms with Crippen molar-refractivity contribution in [3.05, 3.63) is 23.5 Å². The Morgan fingerprint density at radius 2 is 2.25 bits per heavy atom. The second kappa shape index (κ2) is 6.93. The molecular weight excluding hydrogens is 250 g/mol. The van der Waals surface area contributed by atoms with Crippen molar-refractivity contribution in [2.45, 2.75) is 45.6 Å². The fraction of sp³-hybridized carbons (Fsp3) is 0.688. The molecule has 2 rings (SSSR count). The molecule has 0 radical (unpaired) electrons. The minimum absolute atomic E-state index is 0.162. The van der Waals surface area contributed by atoms with Gasteiger partial charge >= 0.3 is 0 Å². The summed E-state index contributed by atoms with van der Waals surface area (Å²) in [6, 6.07) is 4.41. The van der Waals surface area contributed by atoms with E-state index in [1.807, 2.05) is 35.6 Å². The first-order valence-electron chi connectivity index (χ1n) is 7.78. The minimum atomic E-state index is 0.162. The maximum absolute atomic E-state index is 12.7. The topological polar surface area (TPSA) is 37.3 Å². The summed E-state index contributed by atoms with van der Waals surface area (Å²) in [5.74, 6) is 0.162. The van der Waals surface area contributed by atoms with Gasteiger partial charge in [0, 0.05) is 31.9 Å². The van der Waals surface area contributed by atoms with Crippen LogP contribution in [0.15, 0.2) is 12.1 Å². The van der Waals surface area contributed by atoms with Gasteiger partial charge in [-0.2, -0.15) is 0 Å². The molecule has 20 heavy (non-hydrogen) atoms. The number of carbonyl (C=O) groups is 1. The summed E-state index contributed by atoms with van der Waals surface area (Å²) >= 11 is 0.